The van der Waals surface area contributed by atoms with Crippen LogP contribution in [0.15, 0.2) is 65.5 Å². The zero-order valence-electron chi connectivity index (χ0n) is 17.6. The topological polar surface area (TPSA) is 62.6 Å². The fourth-order valence-corrected chi connectivity index (χ4v) is 3.86. The molecule has 4 aromatic rings. The Hall–Kier alpha value is -3.09. The molecule has 4 rings (SSSR count). The lowest BCUT2D eigenvalue weighted by molar-refractivity contribution is 0.254. The summed E-state index contributed by atoms with van der Waals surface area (Å²) in [4.78, 5) is 19.7. The molecule has 0 aliphatic heterocycles. The van der Waals surface area contributed by atoms with E-state index < -0.39 is 0 Å². The normalized spacial score (nSPS) is 11.4. The zero-order chi connectivity index (χ0) is 21.8. The Morgan fingerprint density at radius 3 is 2.61 bits per heavy atom. The van der Waals surface area contributed by atoms with E-state index in [1.54, 1.807) is 13.2 Å². The van der Waals surface area contributed by atoms with Crippen molar-refractivity contribution in [2.24, 2.45) is 0 Å². The zero-order valence-corrected chi connectivity index (χ0v) is 18.4. The number of nitrogens with one attached hydrogen (secondary N) is 1. The highest BCUT2D eigenvalue weighted by molar-refractivity contribution is 6.30. The van der Waals surface area contributed by atoms with Crippen LogP contribution in [0.2, 0.25) is 5.02 Å². The van der Waals surface area contributed by atoms with Crippen molar-refractivity contribution in [1.29, 1.82) is 0 Å². The number of halogens is 1. The molecule has 0 spiro atoms. The molecule has 2 aromatic carbocycles. The van der Waals surface area contributed by atoms with Crippen LogP contribution in [0.3, 0.4) is 0 Å². The Labute approximate surface area is 186 Å². The van der Waals surface area contributed by atoms with Gasteiger partial charge >= 0.3 is 0 Å². The van der Waals surface area contributed by atoms with E-state index in [0.717, 1.165) is 42.2 Å². The first kappa shape index (κ1) is 21.2. The van der Waals surface area contributed by atoms with Crippen molar-refractivity contribution in [2.45, 2.75) is 26.4 Å². The second-order valence-electron chi connectivity index (χ2n) is 7.52. The van der Waals surface area contributed by atoms with E-state index in [1.807, 2.05) is 42.5 Å². The van der Waals surface area contributed by atoms with E-state index in [9.17, 15) is 4.79 Å². The van der Waals surface area contributed by atoms with E-state index in [-0.39, 0.29) is 5.56 Å². The molecule has 1 N–H and O–H groups in total. The van der Waals surface area contributed by atoms with Crippen LogP contribution in [0.1, 0.15) is 24.6 Å². The van der Waals surface area contributed by atoms with Crippen LogP contribution in [0, 0.1) is 0 Å². The number of hydrogen-bond donors (Lipinski definition) is 1. The maximum Gasteiger partial charge on any atom is 0.272 e. The first-order valence-corrected chi connectivity index (χ1v) is 10.7. The summed E-state index contributed by atoms with van der Waals surface area (Å²) in [5, 5.41) is 3.77. The molecular formula is C24H25ClN4O2. The van der Waals surface area contributed by atoms with Crippen LogP contribution in [-0.2, 0) is 13.1 Å². The first-order valence-electron chi connectivity index (χ1n) is 10.3. The molecule has 0 radical (unpaired) electrons. The molecule has 7 heteroatoms. The highest BCUT2D eigenvalue weighted by atomic mass is 35.5. The standard InChI is InChI=1S/C24H25ClN4O2/c1-3-11-28(15-17-7-9-21(31-2)10-8-17)16-20-13-24(30)29-23(26-20)14-22(27-29)18-5-4-6-19(25)12-18/h4-10,12-14,27H,3,11,15-16H2,1-2H3. The number of aromatic amines is 1. The number of aromatic nitrogens is 3. The molecule has 2 heterocycles. The van der Waals surface area contributed by atoms with Gasteiger partial charge in [-0.25, -0.2) is 9.50 Å². The van der Waals surface area contributed by atoms with Gasteiger partial charge in [-0.05, 0) is 42.8 Å². The summed E-state index contributed by atoms with van der Waals surface area (Å²) in [6, 6.07) is 19.0. The Morgan fingerprint density at radius 2 is 1.90 bits per heavy atom. The highest BCUT2D eigenvalue weighted by Gasteiger charge is 2.12. The molecule has 0 aliphatic rings. The molecule has 6 nitrogen and oxygen atoms in total. The smallest absolute Gasteiger partial charge is 0.272 e. The summed E-state index contributed by atoms with van der Waals surface area (Å²) < 4.78 is 6.71. The molecule has 0 atom stereocenters. The van der Waals surface area contributed by atoms with Crippen LogP contribution in [0.25, 0.3) is 16.9 Å². The lowest BCUT2D eigenvalue weighted by Crippen LogP contribution is -2.26. The van der Waals surface area contributed by atoms with Crippen molar-refractivity contribution in [3.05, 3.63) is 87.3 Å². The molecular weight excluding hydrogens is 412 g/mol. The second-order valence-corrected chi connectivity index (χ2v) is 7.95. The van der Waals surface area contributed by atoms with Crippen molar-refractivity contribution in [3.8, 4) is 17.0 Å². The second kappa shape index (κ2) is 9.37. The van der Waals surface area contributed by atoms with E-state index in [4.69, 9.17) is 21.3 Å². The molecule has 0 amide bonds. The van der Waals surface area contributed by atoms with Gasteiger partial charge in [0, 0.05) is 35.8 Å². The quantitative estimate of drug-likeness (QED) is 0.432. The molecule has 31 heavy (non-hydrogen) atoms. The fraction of sp³-hybridized carbons (Fsp3) is 0.250. The third-order valence-electron chi connectivity index (χ3n) is 5.13. The fourth-order valence-electron chi connectivity index (χ4n) is 3.67. The van der Waals surface area contributed by atoms with Crippen LogP contribution >= 0.6 is 11.6 Å². The van der Waals surface area contributed by atoms with Gasteiger partial charge in [-0.1, -0.05) is 42.8 Å². The van der Waals surface area contributed by atoms with Gasteiger partial charge in [-0.15, -0.1) is 0 Å². The average molecular weight is 437 g/mol. The number of benzene rings is 2. The predicted octanol–water partition coefficient (Wildman–Crippen LogP) is 4.76. The van der Waals surface area contributed by atoms with Gasteiger partial charge in [0.25, 0.3) is 5.56 Å². The van der Waals surface area contributed by atoms with Crippen molar-refractivity contribution < 1.29 is 4.74 Å². The Kier molecular flexibility index (Phi) is 6.39. The number of fused-ring (bicyclic) bond motifs is 1. The number of nitrogens with zero attached hydrogens (tertiary/aromatic N) is 3. The third kappa shape index (κ3) is 4.98. The van der Waals surface area contributed by atoms with Crippen LogP contribution in [-0.4, -0.2) is 33.2 Å². The molecule has 0 fully saturated rings. The van der Waals surface area contributed by atoms with Gasteiger partial charge in [0.15, 0.2) is 5.65 Å². The van der Waals surface area contributed by atoms with E-state index >= 15 is 0 Å². The number of methoxy groups -OCH3 is 1. The first-order chi connectivity index (χ1) is 15.1. The maximum absolute atomic E-state index is 12.7. The SMILES string of the molecule is CCCN(Cc1ccc(OC)cc1)Cc1cc(=O)n2[nH]c(-c3cccc(Cl)c3)cc2n1. The summed E-state index contributed by atoms with van der Waals surface area (Å²) in [5.74, 6) is 0.842. The van der Waals surface area contributed by atoms with Crippen LogP contribution in [0.5, 0.6) is 5.75 Å². The number of hydrogen-bond acceptors (Lipinski definition) is 4. The summed E-state index contributed by atoms with van der Waals surface area (Å²) in [7, 11) is 1.66. The summed E-state index contributed by atoms with van der Waals surface area (Å²) in [5.41, 5.74) is 4.12. The summed E-state index contributed by atoms with van der Waals surface area (Å²) >= 11 is 6.11. The Morgan fingerprint density at radius 1 is 1.10 bits per heavy atom. The van der Waals surface area contributed by atoms with Gasteiger partial charge in [0.1, 0.15) is 5.75 Å². The van der Waals surface area contributed by atoms with Crippen LogP contribution in [0.4, 0.5) is 0 Å². The Bertz CT molecular complexity index is 1230. The van der Waals surface area contributed by atoms with Gasteiger partial charge < -0.3 is 4.74 Å². The molecule has 0 bridgehead atoms. The van der Waals surface area contributed by atoms with E-state index in [2.05, 4.69) is 29.1 Å². The van der Waals surface area contributed by atoms with Crippen molar-refractivity contribution in [1.82, 2.24) is 19.5 Å². The van der Waals surface area contributed by atoms with Gasteiger partial charge in [0.05, 0.1) is 18.5 Å². The Balaban J connectivity index is 1.59. The molecule has 160 valence electrons. The van der Waals surface area contributed by atoms with Crippen LogP contribution < -0.4 is 10.3 Å². The monoisotopic (exact) mass is 436 g/mol. The minimum absolute atomic E-state index is 0.130. The largest absolute Gasteiger partial charge is 0.497 e. The molecule has 2 aromatic heterocycles. The van der Waals surface area contributed by atoms with Gasteiger partial charge in [-0.3, -0.25) is 14.8 Å². The van der Waals surface area contributed by atoms with E-state index in [0.29, 0.717) is 17.2 Å². The van der Waals surface area contributed by atoms with Gasteiger partial charge in [-0.2, -0.15) is 0 Å². The minimum Gasteiger partial charge on any atom is -0.497 e. The van der Waals surface area contributed by atoms with Gasteiger partial charge in [0.2, 0.25) is 0 Å². The number of ether oxygens (including phenoxy) is 1. The molecule has 0 aliphatic carbocycles. The molecule has 0 saturated carbocycles. The third-order valence-corrected chi connectivity index (χ3v) is 5.36. The number of rotatable bonds is 8. The van der Waals surface area contributed by atoms with E-state index in [1.165, 1.54) is 10.1 Å². The summed E-state index contributed by atoms with van der Waals surface area (Å²) in [6.07, 6.45) is 1.01. The molecule has 0 unspecified atom stereocenters. The van der Waals surface area contributed by atoms with Crippen molar-refractivity contribution >= 4 is 17.2 Å². The average Bonchev–Trinajstić information content (AvgIpc) is 3.19. The number of H-pyrrole nitrogens is 1. The van der Waals surface area contributed by atoms with Crippen molar-refractivity contribution in [2.75, 3.05) is 13.7 Å². The lowest BCUT2D eigenvalue weighted by atomic mass is 10.1. The lowest BCUT2D eigenvalue weighted by Gasteiger charge is -2.21. The summed E-state index contributed by atoms with van der Waals surface area (Å²) in [6.45, 7) is 4.44. The highest BCUT2D eigenvalue weighted by Crippen LogP contribution is 2.22. The maximum atomic E-state index is 12.7. The minimum atomic E-state index is -0.130. The predicted molar refractivity (Wildman–Crippen MR) is 124 cm³/mol. The molecule has 0 saturated heterocycles. The van der Waals surface area contributed by atoms with Crippen molar-refractivity contribution in [3.63, 3.8) is 0 Å².